The maximum atomic E-state index is 11.5. The summed E-state index contributed by atoms with van der Waals surface area (Å²) >= 11 is 0. The molecule has 0 atom stereocenters. The number of carboxylic acids is 1. The third-order valence-corrected chi connectivity index (χ3v) is 3.73. The highest BCUT2D eigenvalue weighted by atomic mass is 32.2. The van der Waals surface area contributed by atoms with Crippen molar-refractivity contribution in [2.45, 2.75) is 23.8 Å². The molecule has 0 saturated heterocycles. The van der Waals surface area contributed by atoms with Crippen LogP contribution >= 0.6 is 0 Å². The molecular weight excluding hydrogens is 256 g/mol. The Kier molecular flexibility index (Phi) is 3.27. The molecule has 0 bridgehead atoms. The van der Waals surface area contributed by atoms with Gasteiger partial charge in [-0.2, -0.15) is 0 Å². The minimum Gasteiger partial charge on any atom is -0.480 e. The Bertz CT molecular complexity index is 566. The number of benzene rings is 1. The van der Waals surface area contributed by atoms with Gasteiger partial charge in [-0.3, -0.25) is 4.79 Å². The van der Waals surface area contributed by atoms with Gasteiger partial charge in [0.1, 0.15) is 11.4 Å². The first-order valence-electron chi connectivity index (χ1n) is 5.50. The Morgan fingerprint density at radius 1 is 1.39 bits per heavy atom. The maximum absolute atomic E-state index is 11.5. The van der Waals surface area contributed by atoms with Crippen molar-refractivity contribution in [2.24, 2.45) is 5.14 Å². The molecule has 0 unspecified atom stereocenters. The van der Waals surface area contributed by atoms with E-state index in [9.17, 15) is 13.2 Å². The lowest BCUT2D eigenvalue weighted by atomic mass is 10.2. The van der Waals surface area contributed by atoms with Crippen LogP contribution in [0.2, 0.25) is 0 Å². The summed E-state index contributed by atoms with van der Waals surface area (Å²) in [6.07, 6.45) is 1.73. The Balaban J connectivity index is 2.44. The fourth-order valence-corrected chi connectivity index (χ4v) is 2.62. The lowest BCUT2D eigenvalue weighted by molar-refractivity contribution is -0.135. The van der Waals surface area contributed by atoms with Gasteiger partial charge in [0.15, 0.2) is 0 Å². The van der Waals surface area contributed by atoms with E-state index < -0.39 is 16.0 Å². The lowest BCUT2D eigenvalue weighted by Gasteiger charge is -2.24. The summed E-state index contributed by atoms with van der Waals surface area (Å²) in [5.74, 6) is -0.994. The molecule has 1 aromatic carbocycles. The Hall–Kier alpha value is -1.60. The van der Waals surface area contributed by atoms with Crippen molar-refractivity contribution >= 4 is 21.7 Å². The number of sulfonamides is 1. The molecule has 1 aliphatic rings. The maximum Gasteiger partial charge on any atom is 0.323 e. The topological polar surface area (TPSA) is 101 Å². The van der Waals surface area contributed by atoms with Crippen molar-refractivity contribution in [3.8, 4) is 0 Å². The number of primary sulfonamides is 1. The van der Waals surface area contributed by atoms with Gasteiger partial charge in [0, 0.05) is 6.04 Å². The highest BCUT2D eigenvalue weighted by molar-refractivity contribution is 7.89. The van der Waals surface area contributed by atoms with Crippen LogP contribution in [-0.2, 0) is 14.8 Å². The number of para-hydroxylation sites is 1. The Labute approximate surface area is 105 Å². The van der Waals surface area contributed by atoms with Crippen LogP contribution < -0.4 is 10.0 Å². The monoisotopic (exact) mass is 270 g/mol. The number of carboxylic acid groups (broad SMARTS) is 1. The van der Waals surface area contributed by atoms with E-state index in [1.807, 2.05) is 0 Å². The van der Waals surface area contributed by atoms with E-state index in [1.165, 1.54) is 6.07 Å². The van der Waals surface area contributed by atoms with Gasteiger partial charge < -0.3 is 10.0 Å². The smallest absolute Gasteiger partial charge is 0.323 e. The molecule has 0 aromatic heterocycles. The molecule has 1 fully saturated rings. The summed E-state index contributed by atoms with van der Waals surface area (Å²) < 4.78 is 23.0. The van der Waals surface area contributed by atoms with Crippen LogP contribution in [0.3, 0.4) is 0 Å². The van der Waals surface area contributed by atoms with Crippen molar-refractivity contribution in [3.63, 3.8) is 0 Å². The summed E-state index contributed by atoms with van der Waals surface area (Å²) in [5.41, 5.74) is 0.366. The van der Waals surface area contributed by atoms with E-state index >= 15 is 0 Å². The van der Waals surface area contributed by atoms with Gasteiger partial charge in [0.2, 0.25) is 10.0 Å². The largest absolute Gasteiger partial charge is 0.480 e. The van der Waals surface area contributed by atoms with Gasteiger partial charge in [0.25, 0.3) is 0 Å². The van der Waals surface area contributed by atoms with Crippen LogP contribution in [0.1, 0.15) is 12.8 Å². The van der Waals surface area contributed by atoms with Gasteiger partial charge in [-0.05, 0) is 25.0 Å². The fourth-order valence-electron chi connectivity index (χ4n) is 1.88. The molecule has 18 heavy (non-hydrogen) atoms. The zero-order chi connectivity index (χ0) is 13.3. The van der Waals surface area contributed by atoms with Crippen LogP contribution in [0.15, 0.2) is 29.2 Å². The van der Waals surface area contributed by atoms with Gasteiger partial charge in [-0.1, -0.05) is 12.1 Å². The molecule has 0 amide bonds. The molecule has 1 aliphatic carbocycles. The van der Waals surface area contributed by atoms with Gasteiger partial charge >= 0.3 is 5.97 Å². The number of aliphatic carboxylic acids is 1. The average molecular weight is 270 g/mol. The quantitative estimate of drug-likeness (QED) is 0.806. The average Bonchev–Trinajstić information content (AvgIpc) is 3.08. The normalized spacial score (nSPS) is 15.4. The van der Waals surface area contributed by atoms with Crippen LogP contribution in [0, 0.1) is 0 Å². The Morgan fingerprint density at radius 3 is 2.50 bits per heavy atom. The summed E-state index contributed by atoms with van der Waals surface area (Å²) in [6, 6.07) is 6.29. The highest BCUT2D eigenvalue weighted by Gasteiger charge is 2.33. The van der Waals surface area contributed by atoms with Crippen LogP contribution in [0.25, 0.3) is 0 Å². The molecule has 0 spiro atoms. The SMILES string of the molecule is NS(=O)(=O)c1ccccc1N(CC(=O)O)C1CC1. The fraction of sp³-hybridized carbons (Fsp3) is 0.364. The summed E-state index contributed by atoms with van der Waals surface area (Å²) in [5, 5.41) is 14.0. The number of carbonyl (C=O) groups is 1. The molecule has 0 radical (unpaired) electrons. The second-order valence-electron chi connectivity index (χ2n) is 4.27. The molecule has 0 heterocycles. The van der Waals surface area contributed by atoms with E-state index in [0.29, 0.717) is 5.69 Å². The molecule has 98 valence electrons. The first-order chi connectivity index (χ1) is 8.39. The molecule has 1 aromatic rings. The molecule has 0 aliphatic heterocycles. The number of rotatable bonds is 5. The third kappa shape index (κ3) is 2.80. The zero-order valence-electron chi connectivity index (χ0n) is 9.61. The second kappa shape index (κ2) is 4.58. The predicted molar refractivity (Wildman–Crippen MR) is 65.8 cm³/mol. The first-order valence-corrected chi connectivity index (χ1v) is 7.04. The van der Waals surface area contributed by atoms with E-state index in [1.54, 1.807) is 23.1 Å². The second-order valence-corrected chi connectivity index (χ2v) is 5.80. The summed E-state index contributed by atoms with van der Waals surface area (Å²) in [6.45, 7) is -0.225. The number of nitrogens with two attached hydrogens (primary N) is 1. The zero-order valence-corrected chi connectivity index (χ0v) is 10.4. The van der Waals surface area contributed by atoms with Gasteiger partial charge in [-0.15, -0.1) is 0 Å². The van der Waals surface area contributed by atoms with Gasteiger partial charge in [-0.25, -0.2) is 13.6 Å². The minimum atomic E-state index is -3.85. The van der Waals surface area contributed by atoms with Crippen LogP contribution in [-0.4, -0.2) is 32.1 Å². The molecule has 3 N–H and O–H groups in total. The van der Waals surface area contributed by atoms with Crippen molar-refractivity contribution < 1.29 is 18.3 Å². The van der Waals surface area contributed by atoms with E-state index in [0.717, 1.165) is 12.8 Å². The minimum absolute atomic E-state index is 0.0295. The number of hydrogen-bond acceptors (Lipinski definition) is 4. The van der Waals surface area contributed by atoms with E-state index in [4.69, 9.17) is 10.2 Å². The molecule has 6 nitrogen and oxygen atoms in total. The molecule has 1 saturated carbocycles. The molecule has 7 heteroatoms. The number of nitrogens with zero attached hydrogens (tertiary/aromatic N) is 1. The molecular formula is C11H14N2O4S. The summed E-state index contributed by atoms with van der Waals surface area (Å²) in [7, 11) is -3.85. The third-order valence-electron chi connectivity index (χ3n) is 2.77. The summed E-state index contributed by atoms with van der Waals surface area (Å²) in [4.78, 5) is 12.4. The van der Waals surface area contributed by atoms with E-state index in [-0.39, 0.29) is 17.5 Å². The standard InChI is InChI=1S/C11H14N2O4S/c12-18(16,17)10-4-2-1-3-9(10)13(7-11(14)15)8-5-6-8/h1-4,8H,5-7H2,(H,14,15)(H2,12,16,17). The Morgan fingerprint density at radius 2 is 2.00 bits per heavy atom. The predicted octanol–water partition coefficient (Wildman–Crippen LogP) is 0.387. The van der Waals surface area contributed by atoms with Crippen molar-refractivity contribution in [1.29, 1.82) is 0 Å². The number of anilines is 1. The molecule has 2 rings (SSSR count). The van der Waals surface area contributed by atoms with Crippen molar-refractivity contribution in [2.75, 3.05) is 11.4 Å². The van der Waals surface area contributed by atoms with Crippen molar-refractivity contribution in [1.82, 2.24) is 0 Å². The van der Waals surface area contributed by atoms with Crippen molar-refractivity contribution in [3.05, 3.63) is 24.3 Å². The van der Waals surface area contributed by atoms with Gasteiger partial charge in [0.05, 0.1) is 5.69 Å². The first kappa shape index (κ1) is 12.8. The van der Waals surface area contributed by atoms with E-state index in [2.05, 4.69) is 0 Å². The highest BCUT2D eigenvalue weighted by Crippen LogP contribution is 2.34. The van der Waals surface area contributed by atoms with Crippen LogP contribution in [0.4, 0.5) is 5.69 Å². The lowest BCUT2D eigenvalue weighted by Crippen LogP contribution is -2.33. The van der Waals surface area contributed by atoms with Crippen LogP contribution in [0.5, 0.6) is 0 Å². The number of hydrogen-bond donors (Lipinski definition) is 2.